The van der Waals surface area contributed by atoms with E-state index in [0.29, 0.717) is 0 Å². The highest BCUT2D eigenvalue weighted by Gasteiger charge is 1.91. The van der Waals surface area contributed by atoms with Gasteiger partial charge < -0.3 is 0 Å². The molecule has 0 saturated heterocycles. The van der Waals surface area contributed by atoms with Gasteiger partial charge in [-0.3, -0.25) is 0 Å². The van der Waals surface area contributed by atoms with Crippen LogP contribution < -0.4 is 0 Å². The summed E-state index contributed by atoms with van der Waals surface area (Å²) in [7, 11) is 0. The molecule has 0 nitrogen and oxygen atoms in total. The largest absolute Gasteiger partial charge is 0.130 e. The van der Waals surface area contributed by atoms with Crippen molar-refractivity contribution in [2.45, 2.75) is 13.3 Å². The highest BCUT2D eigenvalue weighted by atomic mass is 32.2. The molecule has 0 aromatic heterocycles. The lowest BCUT2D eigenvalue weighted by Crippen LogP contribution is -1.81. The van der Waals surface area contributed by atoms with E-state index in [1.807, 2.05) is 11.8 Å². The van der Waals surface area contributed by atoms with Crippen LogP contribution >= 0.6 is 11.8 Å². The minimum atomic E-state index is 1.17. The molecule has 0 amide bonds. The molecule has 0 bridgehead atoms. The van der Waals surface area contributed by atoms with Gasteiger partial charge in [0.2, 0.25) is 0 Å². The van der Waals surface area contributed by atoms with Crippen molar-refractivity contribution in [1.29, 1.82) is 0 Å². The predicted molar refractivity (Wildman–Crippen MR) is 40.0 cm³/mol. The topological polar surface area (TPSA) is 0 Å². The third kappa shape index (κ3) is 1.41. The predicted octanol–water partition coefficient (Wildman–Crippen LogP) is 2.58. The van der Waals surface area contributed by atoms with Gasteiger partial charge in [-0.15, -0.1) is 11.8 Å². The van der Waals surface area contributed by atoms with Crippen LogP contribution in [0.2, 0.25) is 0 Å². The highest BCUT2D eigenvalue weighted by molar-refractivity contribution is 8.02. The van der Waals surface area contributed by atoms with E-state index in [4.69, 9.17) is 0 Å². The van der Waals surface area contributed by atoms with E-state index in [9.17, 15) is 0 Å². The van der Waals surface area contributed by atoms with Gasteiger partial charge in [-0.2, -0.15) is 0 Å². The molecule has 0 aliphatic carbocycles. The molecule has 0 radical (unpaired) electrons. The van der Waals surface area contributed by atoms with Gasteiger partial charge in [-0.05, 0) is 11.8 Å². The molecule has 0 aromatic carbocycles. The Morgan fingerprint density at radius 1 is 1.75 bits per heavy atom. The summed E-state index contributed by atoms with van der Waals surface area (Å²) in [6, 6.07) is 0. The molecule has 1 rings (SSSR count). The summed E-state index contributed by atoms with van der Waals surface area (Å²) in [4.78, 5) is 0. The summed E-state index contributed by atoms with van der Waals surface area (Å²) in [6.07, 6.45) is 5.65. The first kappa shape index (κ1) is 5.96. The summed E-state index contributed by atoms with van der Waals surface area (Å²) in [5, 5.41) is 2.17. The number of thioether (sulfide) groups is 1. The summed E-state index contributed by atoms with van der Waals surface area (Å²) in [5.74, 6) is 1.17. The highest BCUT2D eigenvalue weighted by Crippen LogP contribution is 2.15. The maximum absolute atomic E-state index is 2.28. The molecule has 8 heavy (non-hydrogen) atoms. The minimum absolute atomic E-state index is 1.17. The van der Waals surface area contributed by atoms with Crippen LogP contribution in [0.5, 0.6) is 0 Å². The van der Waals surface area contributed by atoms with Crippen molar-refractivity contribution < 1.29 is 0 Å². The lowest BCUT2D eigenvalue weighted by Gasteiger charge is -2.00. The van der Waals surface area contributed by atoms with Gasteiger partial charge in [0.25, 0.3) is 0 Å². The van der Waals surface area contributed by atoms with Crippen molar-refractivity contribution in [3.05, 3.63) is 23.1 Å². The van der Waals surface area contributed by atoms with Crippen molar-refractivity contribution in [2.75, 3.05) is 5.75 Å². The van der Waals surface area contributed by atoms with Crippen molar-refractivity contribution in [3.8, 4) is 0 Å². The Morgan fingerprint density at radius 3 is 3.00 bits per heavy atom. The van der Waals surface area contributed by atoms with Crippen LogP contribution in [0.1, 0.15) is 13.3 Å². The van der Waals surface area contributed by atoms with Crippen LogP contribution in [-0.4, -0.2) is 5.75 Å². The van der Waals surface area contributed by atoms with E-state index < -0.39 is 0 Å². The molecule has 0 saturated carbocycles. The monoisotopic (exact) mass is 126 g/mol. The molecular formula is C7H10S. The number of hydrogen-bond donors (Lipinski definition) is 0. The second kappa shape index (κ2) is 2.98. The van der Waals surface area contributed by atoms with E-state index in [1.54, 1.807) is 0 Å². The maximum Gasteiger partial charge on any atom is 0.0160 e. The second-order valence-corrected chi connectivity index (χ2v) is 2.71. The van der Waals surface area contributed by atoms with Gasteiger partial charge in [0.15, 0.2) is 0 Å². The summed E-state index contributed by atoms with van der Waals surface area (Å²) in [5.41, 5.74) is 1.48. The SMILES string of the molecule is CCC1=CCSC=C1. The molecule has 1 heteroatoms. The van der Waals surface area contributed by atoms with Crippen molar-refractivity contribution in [1.82, 2.24) is 0 Å². The zero-order chi connectivity index (χ0) is 5.82. The molecule has 0 spiro atoms. The van der Waals surface area contributed by atoms with Gasteiger partial charge in [-0.1, -0.05) is 24.6 Å². The molecule has 0 aromatic rings. The van der Waals surface area contributed by atoms with Crippen LogP contribution in [-0.2, 0) is 0 Å². The van der Waals surface area contributed by atoms with E-state index in [0.717, 1.165) is 0 Å². The van der Waals surface area contributed by atoms with Crippen LogP contribution in [0, 0.1) is 0 Å². The summed E-state index contributed by atoms with van der Waals surface area (Å²) >= 11 is 1.86. The molecule has 0 atom stereocenters. The number of allylic oxidation sites excluding steroid dienone is 2. The summed E-state index contributed by atoms with van der Waals surface area (Å²) < 4.78 is 0. The Balaban J connectivity index is 2.51. The molecule has 0 unspecified atom stereocenters. The van der Waals surface area contributed by atoms with Crippen molar-refractivity contribution >= 4 is 11.8 Å². The van der Waals surface area contributed by atoms with Gasteiger partial charge in [0.1, 0.15) is 0 Å². The van der Waals surface area contributed by atoms with E-state index in [2.05, 4.69) is 24.5 Å². The number of rotatable bonds is 1. The zero-order valence-electron chi connectivity index (χ0n) is 5.05. The lowest BCUT2D eigenvalue weighted by atomic mass is 10.2. The smallest absolute Gasteiger partial charge is 0.0160 e. The van der Waals surface area contributed by atoms with Crippen LogP contribution in [0.3, 0.4) is 0 Å². The van der Waals surface area contributed by atoms with E-state index in [1.165, 1.54) is 17.7 Å². The molecule has 0 N–H and O–H groups in total. The van der Waals surface area contributed by atoms with E-state index >= 15 is 0 Å². The Bertz CT molecular complexity index is 122. The van der Waals surface area contributed by atoms with Crippen LogP contribution in [0.4, 0.5) is 0 Å². The fourth-order valence-electron chi connectivity index (χ4n) is 0.676. The molecule has 0 fully saturated rings. The summed E-state index contributed by atoms with van der Waals surface area (Å²) in [6.45, 7) is 2.19. The third-order valence-electron chi connectivity index (χ3n) is 1.23. The van der Waals surface area contributed by atoms with E-state index in [-0.39, 0.29) is 0 Å². The van der Waals surface area contributed by atoms with Gasteiger partial charge in [0, 0.05) is 5.75 Å². The average molecular weight is 126 g/mol. The molecular weight excluding hydrogens is 116 g/mol. The Labute approximate surface area is 54.7 Å². The standard InChI is InChI=1S/C7H10S/c1-2-7-3-5-8-6-4-7/h3-5H,2,6H2,1H3. The van der Waals surface area contributed by atoms with Crippen LogP contribution in [0.25, 0.3) is 0 Å². The first-order chi connectivity index (χ1) is 3.93. The Kier molecular flexibility index (Phi) is 2.22. The van der Waals surface area contributed by atoms with Crippen molar-refractivity contribution in [2.24, 2.45) is 0 Å². The molecule has 1 aliphatic rings. The fraction of sp³-hybridized carbons (Fsp3) is 0.429. The van der Waals surface area contributed by atoms with Crippen molar-refractivity contribution in [3.63, 3.8) is 0 Å². The average Bonchev–Trinajstić information content (AvgIpc) is 1.90. The molecule has 44 valence electrons. The quantitative estimate of drug-likeness (QED) is 0.520. The fourth-order valence-corrected chi connectivity index (χ4v) is 1.37. The Hall–Kier alpha value is -0.170. The maximum atomic E-state index is 2.28. The zero-order valence-corrected chi connectivity index (χ0v) is 5.87. The third-order valence-corrected chi connectivity index (χ3v) is 1.92. The normalized spacial score (nSPS) is 18.4. The molecule has 1 aliphatic heterocycles. The van der Waals surface area contributed by atoms with Gasteiger partial charge in [-0.25, -0.2) is 0 Å². The number of hydrogen-bond acceptors (Lipinski definition) is 1. The van der Waals surface area contributed by atoms with Gasteiger partial charge >= 0.3 is 0 Å². The second-order valence-electron chi connectivity index (χ2n) is 1.77. The first-order valence-electron chi connectivity index (χ1n) is 2.90. The van der Waals surface area contributed by atoms with Gasteiger partial charge in [0.05, 0.1) is 0 Å². The lowest BCUT2D eigenvalue weighted by molar-refractivity contribution is 1.14. The first-order valence-corrected chi connectivity index (χ1v) is 3.95. The minimum Gasteiger partial charge on any atom is -0.130 e. The van der Waals surface area contributed by atoms with Crippen LogP contribution in [0.15, 0.2) is 23.1 Å². The molecule has 1 heterocycles. The Morgan fingerprint density at radius 2 is 2.62 bits per heavy atom.